The Morgan fingerprint density at radius 1 is 1.19 bits per heavy atom. The van der Waals surface area contributed by atoms with Crippen molar-refractivity contribution in [1.29, 1.82) is 0 Å². The zero-order chi connectivity index (χ0) is 11.0. The van der Waals surface area contributed by atoms with Gasteiger partial charge in [0.1, 0.15) is 0 Å². The van der Waals surface area contributed by atoms with E-state index in [1.165, 1.54) is 44.7 Å². The number of anilines is 1. The van der Waals surface area contributed by atoms with E-state index in [2.05, 4.69) is 50.4 Å². The molecular formula is C13H17BrN2. The molecule has 2 fully saturated rings. The molecule has 0 saturated carbocycles. The van der Waals surface area contributed by atoms with Crippen LogP contribution in [0.15, 0.2) is 28.7 Å². The van der Waals surface area contributed by atoms with Gasteiger partial charge in [0.15, 0.2) is 0 Å². The fraction of sp³-hybridized carbons (Fsp3) is 0.538. The van der Waals surface area contributed by atoms with E-state index in [0.29, 0.717) is 5.41 Å². The molecule has 0 radical (unpaired) electrons. The van der Waals surface area contributed by atoms with Crippen molar-refractivity contribution in [3.63, 3.8) is 0 Å². The van der Waals surface area contributed by atoms with Gasteiger partial charge in [0.25, 0.3) is 0 Å². The standard InChI is InChI=1S/C13H17BrN2/c14-11-2-4-12(5-3-11)16-7-1-6-13(10-16)8-15-9-13/h2-5,15H,1,6-10H2. The van der Waals surface area contributed by atoms with Gasteiger partial charge in [-0.1, -0.05) is 15.9 Å². The topological polar surface area (TPSA) is 15.3 Å². The molecule has 1 N–H and O–H groups in total. The smallest absolute Gasteiger partial charge is 0.0367 e. The zero-order valence-corrected chi connectivity index (χ0v) is 11.0. The van der Waals surface area contributed by atoms with Gasteiger partial charge >= 0.3 is 0 Å². The molecule has 3 rings (SSSR count). The Kier molecular flexibility index (Phi) is 2.68. The van der Waals surface area contributed by atoms with Gasteiger partial charge < -0.3 is 10.2 Å². The number of rotatable bonds is 1. The number of nitrogens with one attached hydrogen (secondary N) is 1. The molecule has 1 spiro atoms. The first-order valence-corrected chi connectivity index (χ1v) is 6.78. The van der Waals surface area contributed by atoms with Crippen molar-refractivity contribution in [2.75, 3.05) is 31.1 Å². The molecule has 86 valence electrons. The molecule has 0 atom stereocenters. The zero-order valence-electron chi connectivity index (χ0n) is 9.38. The molecule has 0 aromatic heterocycles. The molecule has 0 unspecified atom stereocenters. The minimum atomic E-state index is 0.575. The summed E-state index contributed by atoms with van der Waals surface area (Å²) in [5.41, 5.74) is 1.94. The van der Waals surface area contributed by atoms with Crippen LogP contribution in [0.25, 0.3) is 0 Å². The van der Waals surface area contributed by atoms with Crippen LogP contribution in [0, 0.1) is 5.41 Å². The van der Waals surface area contributed by atoms with Gasteiger partial charge in [-0.25, -0.2) is 0 Å². The van der Waals surface area contributed by atoms with Crippen molar-refractivity contribution in [1.82, 2.24) is 5.32 Å². The average Bonchev–Trinajstić information content (AvgIpc) is 2.28. The van der Waals surface area contributed by atoms with Crippen LogP contribution in [-0.4, -0.2) is 26.2 Å². The Balaban J connectivity index is 1.76. The molecule has 2 saturated heterocycles. The second kappa shape index (κ2) is 4.04. The van der Waals surface area contributed by atoms with Crippen LogP contribution >= 0.6 is 15.9 Å². The van der Waals surface area contributed by atoms with Crippen LogP contribution in [0.4, 0.5) is 5.69 Å². The lowest BCUT2D eigenvalue weighted by Crippen LogP contribution is -2.61. The van der Waals surface area contributed by atoms with E-state index >= 15 is 0 Å². The van der Waals surface area contributed by atoms with Crippen LogP contribution in [-0.2, 0) is 0 Å². The molecule has 2 aliphatic rings. The largest absolute Gasteiger partial charge is 0.371 e. The van der Waals surface area contributed by atoms with Crippen molar-refractivity contribution in [2.24, 2.45) is 5.41 Å². The maximum absolute atomic E-state index is 3.49. The number of nitrogens with zero attached hydrogens (tertiary/aromatic N) is 1. The summed E-state index contributed by atoms with van der Waals surface area (Å²) in [6.07, 6.45) is 2.73. The molecular weight excluding hydrogens is 264 g/mol. The van der Waals surface area contributed by atoms with E-state index in [-0.39, 0.29) is 0 Å². The quantitative estimate of drug-likeness (QED) is 0.851. The third kappa shape index (κ3) is 1.87. The van der Waals surface area contributed by atoms with Gasteiger partial charge in [-0.3, -0.25) is 0 Å². The fourth-order valence-corrected chi connectivity index (χ4v) is 3.11. The predicted octanol–water partition coefficient (Wildman–Crippen LogP) is 2.64. The SMILES string of the molecule is Brc1ccc(N2CCCC3(CNC3)C2)cc1. The second-order valence-electron chi connectivity index (χ2n) is 5.11. The number of piperidine rings is 1. The van der Waals surface area contributed by atoms with Crippen LogP contribution in [0.1, 0.15) is 12.8 Å². The van der Waals surface area contributed by atoms with E-state index < -0.39 is 0 Å². The summed E-state index contributed by atoms with van der Waals surface area (Å²) in [5, 5.41) is 3.42. The van der Waals surface area contributed by atoms with Crippen molar-refractivity contribution in [3.8, 4) is 0 Å². The lowest BCUT2D eigenvalue weighted by molar-refractivity contribution is 0.138. The van der Waals surface area contributed by atoms with Crippen LogP contribution in [0.3, 0.4) is 0 Å². The third-order valence-electron chi connectivity index (χ3n) is 3.85. The molecule has 2 nitrogen and oxygen atoms in total. The highest BCUT2D eigenvalue weighted by atomic mass is 79.9. The monoisotopic (exact) mass is 280 g/mol. The summed E-state index contributed by atoms with van der Waals surface area (Å²) in [4.78, 5) is 2.54. The van der Waals surface area contributed by atoms with Crippen molar-refractivity contribution in [2.45, 2.75) is 12.8 Å². The summed E-state index contributed by atoms with van der Waals surface area (Å²) < 4.78 is 1.16. The Morgan fingerprint density at radius 3 is 2.56 bits per heavy atom. The average molecular weight is 281 g/mol. The first-order chi connectivity index (χ1) is 7.77. The Morgan fingerprint density at radius 2 is 1.94 bits per heavy atom. The number of hydrogen-bond acceptors (Lipinski definition) is 2. The highest BCUT2D eigenvalue weighted by Crippen LogP contribution is 2.35. The third-order valence-corrected chi connectivity index (χ3v) is 4.38. The summed E-state index contributed by atoms with van der Waals surface area (Å²) in [5.74, 6) is 0. The second-order valence-corrected chi connectivity index (χ2v) is 6.02. The summed E-state index contributed by atoms with van der Waals surface area (Å²) >= 11 is 3.49. The molecule has 0 bridgehead atoms. The minimum absolute atomic E-state index is 0.575. The first-order valence-electron chi connectivity index (χ1n) is 5.99. The molecule has 2 aliphatic heterocycles. The Bertz CT molecular complexity index is 370. The molecule has 1 aromatic carbocycles. The van der Waals surface area contributed by atoms with Crippen molar-refractivity contribution in [3.05, 3.63) is 28.7 Å². The van der Waals surface area contributed by atoms with Gasteiger partial charge in [-0.2, -0.15) is 0 Å². The van der Waals surface area contributed by atoms with Crippen LogP contribution in [0.5, 0.6) is 0 Å². The van der Waals surface area contributed by atoms with Crippen LogP contribution < -0.4 is 10.2 Å². The predicted molar refractivity (Wildman–Crippen MR) is 70.9 cm³/mol. The first kappa shape index (κ1) is 10.6. The van der Waals surface area contributed by atoms with Gasteiger partial charge in [-0.05, 0) is 37.1 Å². The highest BCUT2D eigenvalue weighted by molar-refractivity contribution is 9.10. The molecule has 1 aromatic rings. The lowest BCUT2D eigenvalue weighted by Gasteiger charge is -2.50. The molecule has 16 heavy (non-hydrogen) atoms. The lowest BCUT2D eigenvalue weighted by atomic mass is 9.75. The summed E-state index contributed by atoms with van der Waals surface area (Å²) in [6.45, 7) is 4.85. The molecule has 0 aliphatic carbocycles. The Hall–Kier alpha value is -0.540. The molecule has 0 amide bonds. The number of benzene rings is 1. The minimum Gasteiger partial charge on any atom is -0.371 e. The molecule has 3 heteroatoms. The van der Waals surface area contributed by atoms with E-state index in [1.807, 2.05) is 0 Å². The van der Waals surface area contributed by atoms with Gasteiger partial charge in [0.2, 0.25) is 0 Å². The van der Waals surface area contributed by atoms with Gasteiger partial charge in [0.05, 0.1) is 0 Å². The van der Waals surface area contributed by atoms with Crippen molar-refractivity contribution < 1.29 is 0 Å². The van der Waals surface area contributed by atoms with Gasteiger partial charge in [-0.15, -0.1) is 0 Å². The fourth-order valence-electron chi connectivity index (χ4n) is 2.85. The highest BCUT2D eigenvalue weighted by Gasteiger charge is 2.40. The van der Waals surface area contributed by atoms with E-state index in [4.69, 9.17) is 0 Å². The summed E-state index contributed by atoms with van der Waals surface area (Å²) in [7, 11) is 0. The maximum atomic E-state index is 3.49. The Labute approximate surface area is 105 Å². The van der Waals surface area contributed by atoms with Crippen molar-refractivity contribution >= 4 is 21.6 Å². The van der Waals surface area contributed by atoms with Crippen LogP contribution in [0.2, 0.25) is 0 Å². The number of halogens is 1. The van der Waals surface area contributed by atoms with E-state index in [0.717, 1.165) is 4.47 Å². The number of hydrogen-bond donors (Lipinski definition) is 1. The van der Waals surface area contributed by atoms with Gasteiger partial charge in [0, 0.05) is 41.8 Å². The maximum Gasteiger partial charge on any atom is 0.0367 e. The molecule has 2 heterocycles. The van der Waals surface area contributed by atoms with E-state index in [9.17, 15) is 0 Å². The summed E-state index contributed by atoms with van der Waals surface area (Å²) in [6, 6.07) is 8.70. The normalized spacial score (nSPS) is 23.2. The van der Waals surface area contributed by atoms with E-state index in [1.54, 1.807) is 0 Å².